The maximum atomic E-state index is 4.70. The molecule has 100 valence electrons. The van der Waals surface area contributed by atoms with E-state index in [1.165, 1.54) is 11.1 Å². The van der Waals surface area contributed by atoms with Crippen LogP contribution in [0.2, 0.25) is 0 Å². The highest BCUT2D eigenvalue weighted by atomic mass is 15.0. The Balaban J connectivity index is 2.29. The third kappa shape index (κ3) is 2.11. The van der Waals surface area contributed by atoms with Gasteiger partial charge in [0.2, 0.25) is 0 Å². The lowest BCUT2D eigenvalue weighted by molar-refractivity contribution is 1.20. The minimum atomic E-state index is 0.772. The largest absolute Gasteiger partial charge is 0.373 e. The molecular weight excluding hydrogens is 246 g/mol. The Labute approximate surface area is 118 Å². The van der Waals surface area contributed by atoms with Gasteiger partial charge in [-0.2, -0.15) is 0 Å². The highest BCUT2D eigenvalue weighted by Crippen LogP contribution is 2.27. The second-order valence-electron chi connectivity index (χ2n) is 4.98. The third-order valence-electron chi connectivity index (χ3n) is 3.47. The van der Waals surface area contributed by atoms with E-state index in [1.807, 2.05) is 31.3 Å². The van der Waals surface area contributed by atoms with Crippen molar-refractivity contribution in [2.75, 3.05) is 12.4 Å². The minimum absolute atomic E-state index is 0.772. The van der Waals surface area contributed by atoms with Crippen LogP contribution in [0.5, 0.6) is 0 Å². The molecule has 0 aliphatic rings. The number of hydrogen-bond donors (Lipinski definition) is 1. The predicted molar refractivity (Wildman–Crippen MR) is 84.0 cm³/mol. The van der Waals surface area contributed by atoms with Crippen LogP contribution in [-0.2, 0) is 0 Å². The quantitative estimate of drug-likeness (QED) is 0.760. The van der Waals surface area contributed by atoms with E-state index in [9.17, 15) is 0 Å². The molecule has 0 aliphatic heterocycles. The Morgan fingerprint density at radius 3 is 2.55 bits per heavy atom. The standard InChI is InChI=1S/C17H17N3/c1-11-8-9-12(2)14(10-11)17-19-15-7-5-4-6-13(15)16(18-3)20-17/h4-10H,1-3H3,(H,18,19,20). The molecule has 2 aromatic carbocycles. The smallest absolute Gasteiger partial charge is 0.162 e. The first-order valence-electron chi connectivity index (χ1n) is 6.71. The van der Waals surface area contributed by atoms with Crippen molar-refractivity contribution in [1.82, 2.24) is 9.97 Å². The van der Waals surface area contributed by atoms with E-state index in [0.717, 1.165) is 28.1 Å². The summed E-state index contributed by atoms with van der Waals surface area (Å²) in [5.41, 5.74) is 4.45. The van der Waals surface area contributed by atoms with Crippen LogP contribution in [0.3, 0.4) is 0 Å². The first kappa shape index (κ1) is 12.6. The van der Waals surface area contributed by atoms with Gasteiger partial charge >= 0.3 is 0 Å². The maximum Gasteiger partial charge on any atom is 0.162 e. The van der Waals surface area contributed by atoms with E-state index >= 15 is 0 Å². The average Bonchev–Trinajstić information content (AvgIpc) is 2.48. The molecule has 1 aromatic heterocycles. The van der Waals surface area contributed by atoms with Crippen LogP contribution in [0, 0.1) is 13.8 Å². The molecule has 3 rings (SSSR count). The molecule has 1 heterocycles. The first-order chi connectivity index (χ1) is 9.69. The highest BCUT2D eigenvalue weighted by Gasteiger charge is 2.10. The number of nitrogens with zero attached hydrogens (tertiary/aromatic N) is 2. The fourth-order valence-electron chi connectivity index (χ4n) is 2.36. The lowest BCUT2D eigenvalue weighted by Crippen LogP contribution is -1.99. The van der Waals surface area contributed by atoms with Crippen molar-refractivity contribution >= 4 is 16.7 Å². The van der Waals surface area contributed by atoms with E-state index < -0.39 is 0 Å². The van der Waals surface area contributed by atoms with Gasteiger partial charge in [-0.05, 0) is 37.6 Å². The van der Waals surface area contributed by atoms with Gasteiger partial charge in [-0.3, -0.25) is 0 Å². The van der Waals surface area contributed by atoms with E-state index in [2.05, 4.69) is 42.3 Å². The third-order valence-corrected chi connectivity index (χ3v) is 3.47. The predicted octanol–water partition coefficient (Wildman–Crippen LogP) is 3.96. The fraction of sp³-hybridized carbons (Fsp3) is 0.176. The van der Waals surface area contributed by atoms with Gasteiger partial charge in [-0.25, -0.2) is 9.97 Å². The molecule has 1 N–H and O–H groups in total. The molecular formula is C17H17N3. The van der Waals surface area contributed by atoms with Crippen LogP contribution in [0.4, 0.5) is 5.82 Å². The van der Waals surface area contributed by atoms with Gasteiger partial charge in [0.1, 0.15) is 5.82 Å². The van der Waals surface area contributed by atoms with Crippen LogP contribution in [0.15, 0.2) is 42.5 Å². The number of aryl methyl sites for hydroxylation is 2. The Morgan fingerprint density at radius 2 is 1.75 bits per heavy atom. The molecule has 0 amide bonds. The molecule has 0 saturated heterocycles. The van der Waals surface area contributed by atoms with Gasteiger partial charge in [0.05, 0.1) is 5.52 Å². The summed E-state index contributed by atoms with van der Waals surface area (Å²) in [4.78, 5) is 9.37. The molecule has 3 aromatic rings. The van der Waals surface area contributed by atoms with Crippen LogP contribution < -0.4 is 5.32 Å². The van der Waals surface area contributed by atoms with E-state index in [0.29, 0.717) is 0 Å². The number of para-hydroxylation sites is 1. The number of nitrogens with one attached hydrogen (secondary N) is 1. The van der Waals surface area contributed by atoms with Crippen molar-refractivity contribution in [2.45, 2.75) is 13.8 Å². The summed E-state index contributed by atoms with van der Waals surface area (Å²) in [7, 11) is 1.89. The van der Waals surface area contributed by atoms with Crippen LogP contribution >= 0.6 is 0 Å². The van der Waals surface area contributed by atoms with Crippen molar-refractivity contribution in [1.29, 1.82) is 0 Å². The summed E-state index contributed by atoms with van der Waals surface area (Å²) in [6, 6.07) is 14.4. The zero-order valence-electron chi connectivity index (χ0n) is 11.9. The molecule has 0 aliphatic carbocycles. The van der Waals surface area contributed by atoms with Crippen molar-refractivity contribution < 1.29 is 0 Å². The van der Waals surface area contributed by atoms with Crippen molar-refractivity contribution in [3.63, 3.8) is 0 Å². The Morgan fingerprint density at radius 1 is 0.950 bits per heavy atom. The zero-order chi connectivity index (χ0) is 14.1. The molecule has 0 spiro atoms. The Hall–Kier alpha value is -2.42. The van der Waals surface area contributed by atoms with Gasteiger partial charge in [-0.1, -0.05) is 29.8 Å². The van der Waals surface area contributed by atoms with Crippen molar-refractivity contribution in [2.24, 2.45) is 0 Å². The van der Waals surface area contributed by atoms with Gasteiger partial charge in [0.15, 0.2) is 5.82 Å². The number of benzene rings is 2. The Bertz CT molecular complexity index is 778. The molecule has 0 unspecified atom stereocenters. The van der Waals surface area contributed by atoms with Crippen LogP contribution in [0.25, 0.3) is 22.3 Å². The van der Waals surface area contributed by atoms with Crippen molar-refractivity contribution in [3.05, 3.63) is 53.6 Å². The second-order valence-corrected chi connectivity index (χ2v) is 4.98. The normalized spacial score (nSPS) is 10.8. The van der Waals surface area contributed by atoms with Crippen molar-refractivity contribution in [3.8, 4) is 11.4 Å². The van der Waals surface area contributed by atoms with Crippen LogP contribution in [-0.4, -0.2) is 17.0 Å². The highest BCUT2D eigenvalue weighted by molar-refractivity contribution is 5.90. The number of aromatic nitrogens is 2. The fourth-order valence-corrected chi connectivity index (χ4v) is 2.36. The zero-order valence-corrected chi connectivity index (χ0v) is 11.9. The molecule has 0 radical (unpaired) electrons. The lowest BCUT2D eigenvalue weighted by atomic mass is 10.0. The first-order valence-corrected chi connectivity index (χ1v) is 6.71. The SMILES string of the molecule is CNc1nc(-c2cc(C)ccc2C)nc2ccccc12. The summed E-state index contributed by atoms with van der Waals surface area (Å²) in [6.45, 7) is 4.18. The van der Waals surface area contributed by atoms with E-state index in [-0.39, 0.29) is 0 Å². The van der Waals surface area contributed by atoms with Crippen LogP contribution in [0.1, 0.15) is 11.1 Å². The molecule has 3 heteroatoms. The van der Waals surface area contributed by atoms with Gasteiger partial charge in [-0.15, -0.1) is 0 Å². The van der Waals surface area contributed by atoms with Gasteiger partial charge in [0, 0.05) is 18.0 Å². The van der Waals surface area contributed by atoms with E-state index in [1.54, 1.807) is 0 Å². The number of rotatable bonds is 2. The molecule has 3 nitrogen and oxygen atoms in total. The summed E-state index contributed by atoms with van der Waals surface area (Å²) in [6.07, 6.45) is 0. The minimum Gasteiger partial charge on any atom is -0.373 e. The van der Waals surface area contributed by atoms with E-state index in [4.69, 9.17) is 4.98 Å². The summed E-state index contributed by atoms with van der Waals surface area (Å²) >= 11 is 0. The monoisotopic (exact) mass is 263 g/mol. The maximum absolute atomic E-state index is 4.70. The lowest BCUT2D eigenvalue weighted by Gasteiger charge is -2.10. The molecule has 20 heavy (non-hydrogen) atoms. The molecule has 0 atom stereocenters. The molecule has 0 bridgehead atoms. The number of anilines is 1. The topological polar surface area (TPSA) is 37.8 Å². The van der Waals surface area contributed by atoms with Gasteiger partial charge in [0.25, 0.3) is 0 Å². The molecule has 0 saturated carbocycles. The number of fused-ring (bicyclic) bond motifs is 1. The summed E-state index contributed by atoms with van der Waals surface area (Å²) in [5, 5.41) is 4.21. The van der Waals surface area contributed by atoms with Gasteiger partial charge < -0.3 is 5.32 Å². The summed E-state index contributed by atoms with van der Waals surface area (Å²) in [5.74, 6) is 1.64. The average molecular weight is 263 g/mol. The summed E-state index contributed by atoms with van der Waals surface area (Å²) < 4.78 is 0. The number of hydrogen-bond acceptors (Lipinski definition) is 3. The molecule has 0 fully saturated rings. The second kappa shape index (κ2) is 4.93. The Kier molecular flexibility index (Phi) is 3.11.